The highest BCUT2D eigenvalue weighted by atomic mass is 35.5. The normalized spacial score (nSPS) is 26.1. The van der Waals surface area contributed by atoms with E-state index in [2.05, 4.69) is 25.7 Å². The van der Waals surface area contributed by atoms with Crippen LogP contribution in [0.1, 0.15) is 13.8 Å². The Bertz CT molecular complexity index is 206. The molecular formula is C10H18ClNO2. The molecule has 0 amide bonds. The smallest absolute Gasteiger partial charge is 0.0940 e. The number of halogens is 1. The minimum Gasteiger partial charge on any atom is -0.373 e. The Morgan fingerprint density at radius 2 is 2.43 bits per heavy atom. The second kappa shape index (κ2) is 5.12. The van der Waals surface area contributed by atoms with Crippen molar-refractivity contribution in [3.63, 3.8) is 0 Å². The number of nitrogens with one attached hydrogen (secondary N) is 1. The van der Waals surface area contributed by atoms with Crippen molar-refractivity contribution in [1.29, 1.82) is 0 Å². The fraction of sp³-hybridized carbons (Fsp3) is 0.800. The zero-order valence-electron chi connectivity index (χ0n) is 8.81. The Hall–Kier alpha value is -0.0900. The van der Waals surface area contributed by atoms with Crippen molar-refractivity contribution in [2.45, 2.75) is 25.6 Å². The van der Waals surface area contributed by atoms with Crippen LogP contribution >= 0.6 is 11.6 Å². The van der Waals surface area contributed by atoms with Crippen LogP contribution in [0.25, 0.3) is 0 Å². The highest BCUT2D eigenvalue weighted by molar-refractivity contribution is 6.29. The molecule has 0 radical (unpaired) electrons. The van der Waals surface area contributed by atoms with Crippen molar-refractivity contribution in [3.8, 4) is 0 Å². The van der Waals surface area contributed by atoms with E-state index in [0.717, 1.165) is 13.1 Å². The fourth-order valence-corrected chi connectivity index (χ4v) is 1.54. The molecule has 0 saturated carbocycles. The summed E-state index contributed by atoms with van der Waals surface area (Å²) in [5.74, 6) is 0. The Morgan fingerprint density at radius 1 is 1.71 bits per heavy atom. The molecule has 1 aliphatic heterocycles. The van der Waals surface area contributed by atoms with Crippen molar-refractivity contribution in [3.05, 3.63) is 11.6 Å². The molecule has 1 unspecified atom stereocenters. The second-order valence-electron chi connectivity index (χ2n) is 4.16. The number of rotatable bonds is 4. The maximum Gasteiger partial charge on any atom is 0.0940 e. The van der Waals surface area contributed by atoms with E-state index in [1.807, 2.05) is 0 Å². The number of hydrogen-bond donors (Lipinski definition) is 1. The van der Waals surface area contributed by atoms with Crippen LogP contribution in [0.15, 0.2) is 11.6 Å². The molecule has 1 heterocycles. The third kappa shape index (κ3) is 4.42. The molecule has 0 bridgehead atoms. The van der Waals surface area contributed by atoms with Gasteiger partial charge < -0.3 is 14.8 Å². The Morgan fingerprint density at radius 3 is 3.00 bits per heavy atom. The minimum atomic E-state index is -0.107. The van der Waals surface area contributed by atoms with Gasteiger partial charge in [0.25, 0.3) is 0 Å². The van der Waals surface area contributed by atoms with Gasteiger partial charge in [-0.2, -0.15) is 0 Å². The lowest BCUT2D eigenvalue weighted by molar-refractivity contribution is -0.118. The molecule has 0 aromatic rings. The molecule has 1 N–H and O–H groups in total. The highest BCUT2D eigenvalue weighted by Gasteiger charge is 2.28. The van der Waals surface area contributed by atoms with Crippen LogP contribution in [0.4, 0.5) is 0 Å². The summed E-state index contributed by atoms with van der Waals surface area (Å²) >= 11 is 5.58. The van der Waals surface area contributed by atoms with Crippen LogP contribution in [0.5, 0.6) is 0 Å². The summed E-state index contributed by atoms with van der Waals surface area (Å²) in [6.45, 7) is 10.3. The Kier molecular flexibility index (Phi) is 4.38. The molecule has 4 heteroatoms. The average molecular weight is 220 g/mol. The summed E-state index contributed by atoms with van der Waals surface area (Å²) in [5.41, 5.74) is -0.107. The predicted molar refractivity (Wildman–Crippen MR) is 57.6 cm³/mol. The first kappa shape index (κ1) is 12.0. The van der Waals surface area contributed by atoms with Gasteiger partial charge in [0, 0.05) is 18.1 Å². The van der Waals surface area contributed by atoms with Crippen molar-refractivity contribution < 1.29 is 9.47 Å². The Labute approximate surface area is 90.4 Å². The molecule has 0 aromatic carbocycles. The minimum absolute atomic E-state index is 0.106. The van der Waals surface area contributed by atoms with Gasteiger partial charge in [0.05, 0.1) is 24.9 Å². The van der Waals surface area contributed by atoms with Crippen LogP contribution in [-0.4, -0.2) is 38.0 Å². The van der Waals surface area contributed by atoms with Crippen LogP contribution in [0.2, 0.25) is 0 Å². The first-order valence-electron chi connectivity index (χ1n) is 4.79. The van der Waals surface area contributed by atoms with Gasteiger partial charge in [-0.15, -0.1) is 0 Å². The quantitative estimate of drug-likeness (QED) is 0.778. The van der Waals surface area contributed by atoms with Crippen molar-refractivity contribution in [2.24, 2.45) is 0 Å². The largest absolute Gasteiger partial charge is 0.373 e. The molecule has 14 heavy (non-hydrogen) atoms. The third-order valence-electron chi connectivity index (χ3n) is 1.97. The van der Waals surface area contributed by atoms with Gasteiger partial charge in [0.15, 0.2) is 0 Å². The molecule has 1 rings (SSSR count). The first-order valence-corrected chi connectivity index (χ1v) is 5.17. The van der Waals surface area contributed by atoms with Crippen LogP contribution in [0.3, 0.4) is 0 Å². The molecule has 0 spiro atoms. The lowest BCUT2D eigenvalue weighted by atomic mass is 10.1. The van der Waals surface area contributed by atoms with Crippen LogP contribution < -0.4 is 5.32 Å². The zero-order chi connectivity index (χ0) is 10.6. The van der Waals surface area contributed by atoms with Gasteiger partial charge in [0.1, 0.15) is 0 Å². The third-order valence-corrected chi connectivity index (χ3v) is 2.08. The molecule has 1 aliphatic rings. The molecule has 1 atom stereocenters. The maximum absolute atomic E-state index is 5.80. The molecule has 1 saturated heterocycles. The topological polar surface area (TPSA) is 30.5 Å². The number of hydrogen-bond acceptors (Lipinski definition) is 3. The number of ether oxygens (including phenoxy) is 2. The standard InChI is InChI=1S/C10H18ClNO2/c1-8(11)5-13-6-9-4-12-7-10(2,3)14-9/h9,12H,1,4-7H2,2-3H3. The summed E-state index contributed by atoms with van der Waals surface area (Å²) in [4.78, 5) is 0. The molecule has 0 aliphatic carbocycles. The summed E-state index contributed by atoms with van der Waals surface area (Å²) in [7, 11) is 0. The van der Waals surface area contributed by atoms with E-state index in [1.54, 1.807) is 0 Å². The zero-order valence-corrected chi connectivity index (χ0v) is 9.56. The summed E-state index contributed by atoms with van der Waals surface area (Å²) < 4.78 is 11.1. The van der Waals surface area contributed by atoms with Gasteiger partial charge in [-0.05, 0) is 13.8 Å². The Balaban J connectivity index is 2.21. The highest BCUT2D eigenvalue weighted by Crippen LogP contribution is 2.15. The van der Waals surface area contributed by atoms with E-state index in [4.69, 9.17) is 21.1 Å². The molecule has 82 valence electrons. The van der Waals surface area contributed by atoms with Gasteiger partial charge in [-0.1, -0.05) is 18.2 Å². The molecule has 3 nitrogen and oxygen atoms in total. The van der Waals surface area contributed by atoms with Crippen LogP contribution in [-0.2, 0) is 9.47 Å². The predicted octanol–water partition coefficient (Wildman–Crippen LogP) is 1.52. The van der Waals surface area contributed by atoms with E-state index < -0.39 is 0 Å². The molecule has 1 fully saturated rings. The first-order chi connectivity index (χ1) is 6.49. The van der Waals surface area contributed by atoms with Gasteiger partial charge in [0.2, 0.25) is 0 Å². The van der Waals surface area contributed by atoms with E-state index in [0.29, 0.717) is 18.2 Å². The van der Waals surface area contributed by atoms with E-state index in [9.17, 15) is 0 Å². The van der Waals surface area contributed by atoms with Gasteiger partial charge in [-0.3, -0.25) is 0 Å². The maximum atomic E-state index is 5.80. The van der Waals surface area contributed by atoms with Gasteiger partial charge >= 0.3 is 0 Å². The molecule has 0 aromatic heterocycles. The van der Waals surface area contributed by atoms with Crippen molar-refractivity contribution in [1.82, 2.24) is 5.32 Å². The van der Waals surface area contributed by atoms with E-state index in [1.165, 1.54) is 0 Å². The van der Waals surface area contributed by atoms with Crippen molar-refractivity contribution >= 4 is 11.6 Å². The SMILES string of the molecule is C=C(Cl)COCC1CNCC(C)(C)O1. The summed E-state index contributed by atoms with van der Waals surface area (Å²) in [5, 5.41) is 3.82. The summed E-state index contributed by atoms with van der Waals surface area (Å²) in [6, 6.07) is 0. The van der Waals surface area contributed by atoms with Crippen LogP contribution in [0, 0.1) is 0 Å². The molecular weight excluding hydrogens is 202 g/mol. The number of morpholine rings is 1. The monoisotopic (exact) mass is 219 g/mol. The van der Waals surface area contributed by atoms with E-state index >= 15 is 0 Å². The fourth-order valence-electron chi connectivity index (χ4n) is 1.46. The lowest BCUT2D eigenvalue weighted by Crippen LogP contribution is -2.51. The van der Waals surface area contributed by atoms with Gasteiger partial charge in [-0.25, -0.2) is 0 Å². The van der Waals surface area contributed by atoms with E-state index in [-0.39, 0.29) is 11.7 Å². The summed E-state index contributed by atoms with van der Waals surface area (Å²) in [6.07, 6.45) is 0.106. The second-order valence-corrected chi connectivity index (χ2v) is 4.70. The average Bonchev–Trinajstić information content (AvgIpc) is 2.01. The lowest BCUT2D eigenvalue weighted by Gasteiger charge is -2.36. The van der Waals surface area contributed by atoms with Crippen molar-refractivity contribution in [2.75, 3.05) is 26.3 Å².